The van der Waals surface area contributed by atoms with Gasteiger partial charge in [-0.25, -0.2) is 4.98 Å². The lowest BCUT2D eigenvalue weighted by molar-refractivity contribution is -0.118. The highest BCUT2D eigenvalue weighted by atomic mass is 16.4. The van der Waals surface area contributed by atoms with Gasteiger partial charge in [0.2, 0.25) is 11.8 Å². The largest absolute Gasteiger partial charge is 0.441 e. The molecule has 3 N–H and O–H groups in total. The first kappa shape index (κ1) is 17.7. The zero-order valence-corrected chi connectivity index (χ0v) is 15.1. The van der Waals surface area contributed by atoms with Crippen LogP contribution in [-0.4, -0.2) is 17.4 Å². The fourth-order valence-corrected chi connectivity index (χ4v) is 3.63. The quantitative estimate of drug-likeness (QED) is 0.854. The van der Waals surface area contributed by atoms with Crippen molar-refractivity contribution in [3.8, 4) is 11.5 Å². The van der Waals surface area contributed by atoms with E-state index in [9.17, 15) is 4.79 Å². The second kappa shape index (κ2) is 7.40. The average Bonchev–Trinajstić information content (AvgIpc) is 2.95. The Bertz CT molecular complexity index is 726. The van der Waals surface area contributed by atoms with Crippen LogP contribution in [0.25, 0.3) is 11.5 Å². The maximum Gasteiger partial charge on any atom is 0.226 e. The van der Waals surface area contributed by atoms with Gasteiger partial charge in [-0.1, -0.05) is 25.3 Å². The number of aromatic nitrogens is 1. The summed E-state index contributed by atoms with van der Waals surface area (Å²) in [5.74, 6) is 1.42. The van der Waals surface area contributed by atoms with E-state index in [1.54, 1.807) is 0 Å². The third-order valence-corrected chi connectivity index (χ3v) is 5.30. The normalized spacial score (nSPS) is 16.6. The lowest BCUT2D eigenvalue weighted by Gasteiger charge is -2.35. The number of amides is 1. The smallest absolute Gasteiger partial charge is 0.226 e. The topological polar surface area (TPSA) is 81.2 Å². The number of nitrogens with zero attached hydrogens (tertiary/aromatic N) is 1. The van der Waals surface area contributed by atoms with Gasteiger partial charge in [-0.05, 0) is 56.8 Å². The second-order valence-corrected chi connectivity index (χ2v) is 7.23. The minimum absolute atomic E-state index is 0.0310. The Morgan fingerprint density at radius 1 is 1.28 bits per heavy atom. The van der Waals surface area contributed by atoms with Crippen LogP contribution in [0.1, 0.15) is 50.0 Å². The van der Waals surface area contributed by atoms with Crippen LogP contribution >= 0.6 is 0 Å². The summed E-state index contributed by atoms with van der Waals surface area (Å²) in [6, 6.07) is 7.63. The van der Waals surface area contributed by atoms with Crippen LogP contribution in [0.3, 0.4) is 0 Å². The number of rotatable bonds is 5. The fraction of sp³-hybridized carbons (Fsp3) is 0.500. The summed E-state index contributed by atoms with van der Waals surface area (Å²) in [6.45, 7) is 4.40. The van der Waals surface area contributed by atoms with Crippen LogP contribution < -0.4 is 11.1 Å². The van der Waals surface area contributed by atoms with E-state index in [1.807, 2.05) is 38.1 Å². The summed E-state index contributed by atoms with van der Waals surface area (Å²) in [7, 11) is 0. The number of aryl methyl sites for hydroxylation is 2. The zero-order chi connectivity index (χ0) is 17.9. The van der Waals surface area contributed by atoms with E-state index in [2.05, 4.69) is 10.3 Å². The molecule has 1 aliphatic rings. The van der Waals surface area contributed by atoms with Crippen LogP contribution in [0.4, 0.5) is 5.69 Å². The van der Waals surface area contributed by atoms with Crippen LogP contribution in [0.2, 0.25) is 0 Å². The minimum atomic E-state index is -0.0310. The van der Waals surface area contributed by atoms with Crippen molar-refractivity contribution in [2.24, 2.45) is 11.1 Å². The first-order chi connectivity index (χ1) is 12.0. The number of benzene rings is 1. The molecular formula is C20H27N3O2. The van der Waals surface area contributed by atoms with Crippen molar-refractivity contribution < 1.29 is 9.21 Å². The van der Waals surface area contributed by atoms with E-state index in [0.29, 0.717) is 18.9 Å². The zero-order valence-electron chi connectivity index (χ0n) is 15.1. The third kappa shape index (κ3) is 4.10. The Hall–Kier alpha value is -2.14. The highest BCUT2D eigenvalue weighted by Crippen LogP contribution is 2.38. The lowest BCUT2D eigenvalue weighted by Crippen LogP contribution is -2.36. The molecule has 1 aromatic carbocycles. The summed E-state index contributed by atoms with van der Waals surface area (Å²) >= 11 is 0. The highest BCUT2D eigenvalue weighted by Gasteiger charge is 2.32. The Labute approximate surface area is 149 Å². The Balaban J connectivity index is 1.70. The van der Waals surface area contributed by atoms with E-state index in [-0.39, 0.29) is 11.3 Å². The van der Waals surface area contributed by atoms with Crippen LogP contribution in [0, 0.1) is 19.3 Å². The maximum absolute atomic E-state index is 12.5. The molecule has 1 saturated carbocycles. The van der Waals surface area contributed by atoms with Gasteiger partial charge in [0.1, 0.15) is 5.76 Å². The molecule has 3 rings (SSSR count). The second-order valence-electron chi connectivity index (χ2n) is 7.23. The maximum atomic E-state index is 12.5. The summed E-state index contributed by atoms with van der Waals surface area (Å²) in [5, 5.41) is 3.02. The van der Waals surface area contributed by atoms with Gasteiger partial charge >= 0.3 is 0 Å². The van der Waals surface area contributed by atoms with Gasteiger partial charge in [-0.3, -0.25) is 4.79 Å². The first-order valence-electron chi connectivity index (χ1n) is 9.06. The van der Waals surface area contributed by atoms with Crippen LogP contribution in [-0.2, 0) is 4.79 Å². The van der Waals surface area contributed by atoms with E-state index in [0.717, 1.165) is 35.5 Å². The molecule has 1 fully saturated rings. The molecule has 5 heteroatoms. The SMILES string of the molecule is Cc1nc(-c2cccc(NC(=O)CC3(CN)CCCCC3)c2)oc1C. The van der Waals surface area contributed by atoms with Crippen molar-refractivity contribution >= 4 is 11.6 Å². The molecule has 0 atom stereocenters. The monoisotopic (exact) mass is 341 g/mol. The summed E-state index contributed by atoms with van der Waals surface area (Å²) < 4.78 is 5.67. The Morgan fingerprint density at radius 3 is 2.68 bits per heavy atom. The number of anilines is 1. The average molecular weight is 341 g/mol. The summed E-state index contributed by atoms with van der Waals surface area (Å²) in [6.07, 6.45) is 6.18. The molecule has 134 valence electrons. The van der Waals surface area contributed by atoms with Gasteiger partial charge in [0.25, 0.3) is 0 Å². The first-order valence-corrected chi connectivity index (χ1v) is 9.06. The van der Waals surface area contributed by atoms with Crippen molar-refractivity contribution in [2.45, 2.75) is 52.4 Å². The summed E-state index contributed by atoms with van der Waals surface area (Å²) in [5.41, 5.74) is 8.47. The molecule has 0 aliphatic heterocycles. The van der Waals surface area contributed by atoms with Crippen molar-refractivity contribution in [3.63, 3.8) is 0 Å². The number of hydrogen-bond acceptors (Lipinski definition) is 4. The Kier molecular flexibility index (Phi) is 5.23. The van der Waals surface area contributed by atoms with Gasteiger partial charge in [0, 0.05) is 17.7 Å². The molecule has 1 aromatic heterocycles. The molecule has 0 radical (unpaired) electrons. The van der Waals surface area contributed by atoms with Crippen LogP contribution in [0.15, 0.2) is 28.7 Å². The molecule has 1 aliphatic carbocycles. The number of carbonyl (C=O) groups excluding carboxylic acids is 1. The van der Waals surface area contributed by atoms with Gasteiger partial charge in [0.15, 0.2) is 0 Å². The highest BCUT2D eigenvalue weighted by molar-refractivity contribution is 5.91. The van der Waals surface area contributed by atoms with E-state index < -0.39 is 0 Å². The number of oxazole rings is 1. The molecule has 25 heavy (non-hydrogen) atoms. The number of hydrogen-bond donors (Lipinski definition) is 2. The molecule has 1 amide bonds. The van der Waals surface area contributed by atoms with E-state index in [4.69, 9.17) is 10.2 Å². The van der Waals surface area contributed by atoms with Crippen molar-refractivity contribution in [2.75, 3.05) is 11.9 Å². The molecule has 0 unspecified atom stereocenters. The standard InChI is InChI=1S/C20H27N3O2/c1-14-15(2)25-19(22-14)16-7-6-8-17(11-16)23-18(24)12-20(13-21)9-4-3-5-10-20/h6-8,11H,3-5,9-10,12-13,21H2,1-2H3,(H,23,24). The van der Waals surface area contributed by atoms with Gasteiger partial charge < -0.3 is 15.5 Å². The van der Waals surface area contributed by atoms with Gasteiger partial charge in [-0.2, -0.15) is 0 Å². The predicted molar refractivity (Wildman–Crippen MR) is 99.2 cm³/mol. The minimum Gasteiger partial charge on any atom is -0.441 e. The molecule has 0 spiro atoms. The van der Waals surface area contributed by atoms with E-state index in [1.165, 1.54) is 19.3 Å². The van der Waals surface area contributed by atoms with Crippen molar-refractivity contribution in [3.05, 3.63) is 35.7 Å². The predicted octanol–water partition coefficient (Wildman–Crippen LogP) is 4.20. The molecule has 0 bridgehead atoms. The fourth-order valence-electron chi connectivity index (χ4n) is 3.63. The van der Waals surface area contributed by atoms with Crippen LogP contribution in [0.5, 0.6) is 0 Å². The van der Waals surface area contributed by atoms with E-state index >= 15 is 0 Å². The number of nitrogens with one attached hydrogen (secondary N) is 1. The van der Waals surface area contributed by atoms with Gasteiger partial charge in [-0.15, -0.1) is 0 Å². The van der Waals surface area contributed by atoms with Crippen molar-refractivity contribution in [1.82, 2.24) is 4.98 Å². The van der Waals surface area contributed by atoms with Crippen molar-refractivity contribution in [1.29, 1.82) is 0 Å². The summed E-state index contributed by atoms with van der Waals surface area (Å²) in [4.78, 5) is 17.0. The number of nitrogens with two attached hydrogens (primary N) is 1. The third-order valence-electron chi connectivity index (χ3n) is 5.30. The molecular weight excluding hydrogens is 314 g/mol. The molecule has 2 aromatic rings. The molecule has 5 nitrogen and oxygen atoms in total. The molecule has 1 heterocycles. The number of carbonyl (C=O) groups is 1. The lowest BCUT2D eigenvalue weighted by atomic mass is 9.71. The van der Waals surface area contributed by atoms with Gasteiger partial charge in [0.05, 0.1) is 5.69 Å². The molecule has 0 saturated heterocycles. The Morgan fingerprint density at radius 2 is 2.04 bits per heavy atom.